The monoisotopic (exact) mass is 446 g/mol. The summed E-state index contributed by atoms with van der Waals surface area (Å²) in [4.78, 5) is 14.5. The Morgan fingerprint density at radius 2 is 1.68 bits per heavy atom. The first-order valence-corrected chi connectivity index (χ1v) is 10.9. The quantitative estimate of drug-likeness (QED) is 0.582. The van der Waals surface area contributed by atoms with Crippen molar-refractivity contribution in [3.63, 3.8) is 0 Å². The molecule has 0 aliphatic rings. The lowest BCUT2D eigenvalue weighted by Crippen LogP contribution is -3.00. The molecule has 0 spiro atoms. The van der Waals surface area contributed by atoms with Crippen LogP contribution < -0.4 is 32.7 Å². The second-order valence-corrected chi connectivity index (χ2v) is 8.53. The molecule has 0 unspecified atom stereocenters. The van der Waals surface area contributed by atoms with Gasteiger partial charge >= 0.3 is 6.03 Å². The number of anilines is 2. The highest BCUT2D eigenvalue weighted by Gasteiger charge is 2.13. The molecule has 2 rings (SSSR count). The van der Waals surface area contributed by atoms with Crippen LogP contribution in [0.2, 0.25) is 0 Å². The number of urea groups is 1. The molecule has 5 nitrogen and oxygen atoms in total. The van der Waals surface area contributed by atoms with Crippen LogP contribution in [-0.4, -0.2) is 32.3 Å². The molecule has 2 aromatic rings. The molecule has 0 atom stereocenters. The van der Waals surface area contributed by atoms with Gasteiger partial charge in [0.1, 0.15) is 5.75 Å². The fourth-order valence-corrected chi connectivity index (χ4v) is 3.26. The molecule has 6 heteroatoms. The predicted molar refractivity (Wildman–Crippen MR) is 127 cm³/mol. The van der Waals surface area contributed by atoms with Gasteiger partial charge in [-0.05, 0) is 74.1 Å². The van der Waals surface area contributed by atoms with Crippen molar-refractivity contribution in [2.75, 3.05) is 36.5 Å². The van der Waals surface area contributed by atoms with Crippen molar-refractivity contribution >= 4 is 17.4 Å². The van der Waals surface area contributed by atoms with Crippen LogP contribution in [0.3, 0.4) is 0 Å². The van der Waals surface area contributed by atoms with E-state index in [1.807, 2.05) is 31.2 Å². The van der Waals surface area contributed by atoms with Gasteiger partial charge in [0.25, 0.3) is 0 Å². The molecule has 2 aromatic carbocycles. The highest BCUT2D eigenvalue weighted by atomic mass is 35.5. The molecule has 0 aromatic heterocycles. The Morgan fingerprint density at radius 1 is 1.03 bits per heavy atom. The van der Waals surface area contributed by atoms with Gasteiger partial charge in [-0.25, -0.2) is 4.79 Å². The lowest BCUT2D eigenvalue weighted by Gasteiger charge is -2.22. The Morgan fingerprint density at radius 3 is 2.23 bits per heavy atom. The van der Waals surface area contributed by atoms with Crippen molar-refractivity contribution in [3.05, 3.63) is 53.6 Å². The minimum atomic E-state index is -0.191. The summed E-state index contributed by atoms with van der Waals surface area (Å²) in [5.74, 6) is 0.858. The van der Waals surface area contributed by atoms with Gasteiger partial charge in [0, 0.05) is 31.0 Å². The molecule has 0 bridgehead atoms. The SMILES string of the molecule is CCN(CC)c1ccc(NC(=O)NCCCOc2ccc(C(C)(C)C)cc2)c(C)c1.[Cl-]. The van der Waals surface area contributed by atoms with E-state index in [0.717, 1.165) is 36.5 Å². The summed E-state index contributed by atoms with van der Waals surface area (Å²) in [7, 11) is 0. The van der Waals surface area contributed by atoms with Crippen molar-refractivity contribution in [2.45, 2.75) is 53.4 Å². The topological polar surface area (TPSA) is 53.6 Å². The van der Waals surface area contributed by atoms with Crippen LogP contribution in [-0.2, 0) is 5.41 Å². The lowest BCUT2D eigenvalue weighted by molar-refractivity contribution is -0.0000105. The average Bonchev–Trinajstić information content (AvgIpc) is 2.70. The van der Waals surface area contributed by atoms with E-state index in [2.05, 4.69) is 68.4 Å². The fourth-order valence-electron chi connectivity index (χ4n) is 3.26. The van der Waals surface area contributed by atoms with Crippen molar-refractivity contribution in [3.8, 4) is 5.75 Å². The first kappa shape index (κ1) is 26.6. The number of carbonyl (C=O) groups excluding carboxylic acids is 1. The number of benzene rings is 2. The number of nitrogens with one attached hydrogen (secondary N) is 2. The maximum absolute atomic E-state index is 12.2. The Balaban J connectivity index is 0.00000480. The number of hydrogen-bond donors (Lipinski definition) is 2. The lowest BCUT2D eigenvalue weighted by atomic mass is 9.87. The number of amides is 2. The first-order valence-electron chi connectivity index (χ1n) is 10.9. The summed E-state index contributed by atoms with van der Waals surface area (Å²) in [6, 6.07) is 14.2. The molecule has 2 amide bonds. The maximum atomic E-state index is 12.2. The standard InChI is InChI=1S/C25H37N3O2.ClH/c1-7-28(8-2)21-12-15-23(19(3)18-21)27-24(29)26-16-9-17-30-22-13-10-20(11-14-22)25(4,5)6;/h10-15,18H,7-9,16-17H2,1-6H3,(H2,26,27,29);1H/p-1. The minimum absolute atomic E-state index is 0. The number of nitrogens with zero attached hydrogens (tertiary/aromatic N) is 1. The van der Waals surface area contributed by atoms with Crippen molar-refractivity contribution in [2.24, 2.45) is 0 Å². The Labute approximate surface area is 194 Å². The van der Waals surface area contributed by atoms with Crippen LogP contribution in [0.25, 0.3) is 0 Å². The van der Waals surface area contributed by atoms with Crippen molar-refractivity contribution < 1.29 is 21.9 Å². The molecular formula is C25H37ClN3O2-. The van der Waals surface area contributed by atoms with Gasteiger partial charge in [0.05, 0.1) is 6.61 Å². The smallest absolute Gasteiger partial charge is 0.319 e. The highest BCUT2D eigenvalue weighted by molar-refractivity contribution is 5.90. The zero-order valence-electron chi connectivity index (χ0n) is 19.7. The van der Waals surface area contributed by atoms with E-state index in [0.29, 0.717) is 13.2 Å². The van der Waals surface area contributed by atoms with Crippen LogP contribution in [0.4, 0.5) is 16.2 Å². The van der Waals surface area contributed by atoms with E-state index in [4.69, 9.17) is 4.74 Å². The summed E-state index contributed by atoms with van der Waals surface area (Å²) < 4.78 is 5.77. The second-order valence-electron chi connectivity index (χ2n) is 8.53. The number of hydrogen-bond acceptors (Lipinski definition) is 3. The number of aryl methyl sites for hydroxylation is 1. The Bertz CT molecular complexity index is 813. The van der Waals surface area contributed by atoms with Crippen LogP contribution in [0, 0.1) is 6.92 Å². The van der Waals surface area contributed by atoms with Gasteiger partial charge in [-0.2, -0.15) is 0 Å². The van der Waals surface area contributed by atoms with Gasteiger partial charge < -0.3 is 32.7 Å². The average molecular weight is 447 g/mol. The van der Waals surface area contributed by atoms with E-state index >= 15 is 0 Å². The number of halogens is 1. The molecule has 0 fully saturated rings. The van der Waals surface area contributed by atoms with Crippen LogP contribution >= 0.6 is 0 Å². The molecule has 0 aliphatic heterocycles. The van der Waals surface area contributed by atoms with E-state index < -0.39 is 0 Å². The van der Waals surface area contributed by atoms with E-state index in [-0.39, 0.29) is 23.9 Å². The van der Waals surface area contributed by atoms with Crippen LogP contribution in [0.1, 0.15) is 52.2 Å². The normalized spacial score (nSPS) is 10.8. The number of rotatable bonds is 9. The molecule has 0 radical (unpaired) electrons. The zero-order chi connectivity index (χ0) is 22.1. The minimum Gasteiger partial charge on any atom is -1.00 e. The molecule has 0 heterocycles. The Kier molecular flexibility index (Phi) is 10.7. The molecular weight excluding hydrogens is 410 g/mol. The van der Waals surface area contributed by atoms with Gasteiger partial charge in [0.2, 0.25) is 0 Å². The van der Waals surface area contributed by atoms with E-state index in [9.17, 15) is 4.79 Å². The zero-order valence-corrected chi connectivity index (χ0v) is 20.5. The third kappa shape index (κ3) is 8.33. The molecule has 172 valence electrons. The Hall–Kier alpha value is -2.40. The van der Waals surface area contributed by atoms with Crippen LogP contribution in [0.5, 0.6) is 5.75 Å². The van der Waals surface area contributed by atoms with Gasteiger partial charge in [0.15, 0.2) is 0 Å². The highest BCUT2D eigenvalue weighted by Crippen LogP contribution is 2.24. The van der Waals surface area contributed by atoms with Gasteiger partial charge in [-0.1, -0.05) is 32.9 Å². The van der Waals surface area contributed by atoms with Crippen molar-refractivity contribution in [1.82, 2.24) is 5.32 Å². The van der Waals surface area contributed by atoms with E-state index in [1.54, 1.807) is 0 Å². The summed E-state index contributed by atoms with van der Waals surface area (Å²) in [5.41, 5.74) is 4.49. The van der Waals surface area contributed by atoms with Crippen molar-refractivity contribution in [1.29, 1.82) is 0 Å². The summed E-state index contributed by atoms with van der Waals surface area (Å²) in [6.07, 6.45) is 0.744. The fraction of sp³-hybridized carbons (Fsp3) is 0.480. The summed E-state index contributed by atoms with van der Waals surface area (Å²) >= 11 is 0. The molecule has 31 heavy (non-hydrogen) atoms. The second kappa shape index (κ2) is 12.5. The maximum Gasteiger partial charge on any atom is 0.319 e. The molecule has 0 saturated heterocycles. The number of carbonyl (C=O) groups is 1. The number of ether oxygens (including phenoxy) is 1. The van der Waals surface area contributed by atoms with Gasteiger partial charge in [-0.3, -0.25) is 0 Å². The largest absolute Gasteiger partial charge is 1.00 e. The molecule has 2 N–H and O–H groups in total. The third-order valence-electron chi connectivity index (χ3n) is 5.18. The molecule has 0 aliphatic carbocycles. The summed E-state index contributed by atoms with van der Waals surface area (Å²) in [5, 5.41) is 5.82. The summed E-state index contributed by atoms with van der Waals surface area (Å²) in [6.45, 7) is 15.9. The molecule has 0 saturated carbocycles. The van der Waals surface area contributed by atoms with Gasteiger partial charge in [-0.15, -0.1) is 0 Å². The first-order chi connectivity index (χ1) is 14.2. The van der Waals surface area contributed by atoms with Crippen LogP contribution in [0.15, 0.2) is 42.5 Å². The van der Waals surface area contributed by atoms with E-state index in [1.165, 1.54) is 11.3 Å². The predicted octanol–water partition coefficient (Wildman–Crippen LogP) is 2.73. The third-order valence-corrected chi connectivity index (χ3v) is 5.18.